The van der Waals surface area contributed by atoms with Gasteiger partial charge in [0.25, 0.3) is 0 Å². The molecule has 4 nitrogen and oxygen atoms in total. The number of aliphatic hydroxyl groups excluding tert-OH is 1. The fraction of sp³-hybridized carbons (Fsp3) is 0.462. The summed E-state index contributed by atoms with van der Waals surface area (Å²) < 4.78 is 2.58. The van der Waals surface area contributed by atoms with Crippen LogP contribution >= 0.6 is 22.9 Å². The molecule has 0 bridgehead atoms. The molecule has 0 saturated heterocycles. The lowest BCUT2D eigenvalue weighted by Crippen LogP contribution is -2.21. The first-order valence-electron chi connectivity index (χ1n) is 6.12. The second-order valence-corrected chi connectivity index (χ2v) is 6.31. The standard InChI is InChI=1S/C13H18ClN3OS/c1-8-10(9(2)17(3)16-8)6-15-7-11(18)12-4-5-13(14)19-12/h4-5,11,15,18H,6-7H2,1-3H3. The summed E-state index contributed by atoms with van der Waals surface area (Å²) in [6, 6.07) is 3.67. The quantitative estimate of drug-likeness (QED) is 0.892. The number of thiophene rings is 1. The average Bonchev–Trinajstić information content (AvgIpc) is 2.88. The fourth-order valence-corrected chi connectivity index (χ4v) is 3.06. The van der Waals surface area contributed by atoms with Gasteiger partial charge in [0.2, 0.25) is 0 Å². The molecule has 0 fully saturated rings. The largest absolute Gasteiger partial charge is 0.386 e. The van der Waals surface area contributed by atoms with E-state index in [-0.39, 0.29) is 0 Å². The summed E-state index contributed by atoms with van der Waals surface area (Å²) in [7, 11) is 1.94. The molecular formula is C13H18ClN3OS. The Balaban J connectivity index is 1.90. The van der Waals surface area contributed by atoms with E-state index in [4.69, 9.17) is 11.6 Å². The van der Waals surface area contributed by atoms with Gasteiger partial charge in [-0.2, -0.15) is 5.10 Å². The zero-order valence-electron chi connectivity index (χ0n) is 11.3. The molecule has 19 heavy (non-hydrogen) atoms. The summed E-state index contributed by atoms with van der Waals surface area (Å²) in [6.07, 6.45) is -0.519. The van der Waals surface area contributed by atoms with Crippen molar-refractivity contribution >= 4 is 22.9 Å². The third-order valence-electron chi connectivity index (χ3n) is 3.22. The van der Waals surface area contributed by atoms with E-state index in [2.05, 4.69) is 10.4 Å². The Labute approximate surface area is 122 Å². The van der Waals surface area contributed by atoms with Crippen molar-refractivity contribution in [3.05, 3.63) is 38.3 Å². The molecule has 1 atom stereocenters. The number of nitrogens with one attached hydrogen (secondary N) is 1. The normalized spacial score (nSPS) is 12.9. The summed E-state index contributed by atoms with van der Waals surface area (Å²) in [4.78, 5) is 0.886. The summed E-state index contributed by atoms with van der Waals surface area (Å²) >= 11 is 7.27. The van der Waals surface area contributed by atoms with Gasteiger partial charge in [0.1, 0.15) is 6.10 Å². The molecule has 6 heteroatoms. The number of hydrogen-bond acceptors (Lipinski definition) is 4. The van der Waals surface area contributed by atoms with Crippen LogP contribution in [0, 0.1) is 13.8 Å². The Morgan fingerprint density at radius 2 is 2.21 bits per heavy atom. The maximum atomic E-state index is 10.0. The number of aliphatic hydroxyl groups is 1. The van der Waals surface area contributed by atoms with Crippen LogP contribution in [-0.2, 0) is 13.6 Å². The SMILES string of the molecule is Cc1nn(C)c(C)c1CNCC(O)c1ccc(Cl)s1. The summed E-state index contributed by atoms with van der Waals surface area (Å²) in [5, 5.41) is 17.7. The fourth-order valence-electron chi connectivity index (χ4n) is 2.02. The van der Waals surface area contributed by atoms with E-state index in [0.29, 0.717) is 17.4 Å². The van der Waals surface area contributed by atoms with Crippen molar-refractivity contribution in [1.29, 1.82) is 0 Å². The third kappa shape index (κ3) is 3.36. The lowest BCUT2D eigenvalue weighted by atomic mass is 10.2. The zero-order valence-corrected chi connectivity index (χ0v) is 12.8. The topological polar surface area (TPSA) is 50.1 Å². The van der Waals surface area contributed by atoms with Crippen LogP contribution in [0.2, 0.25) is 4.34 Å². The van der Waals surface area contributed by atoms with Crippen LogP contribution in [0.15, 0.2) is 12.1 Å². The molecule has 0 aliphatic heterocycles. The van der Waals surface area contributed by atoms with Crippen molar-refractivity contribution in [2.75, 3.05) is 6.54 Å². The molecule has 0 saturated carbocycles. The Bertz CT molecular complexity index is 564. The lowest BCUT2D eigenvalue weighted by Gasteiger charge is -2.10. The van der Waals surface area contributed by atoms with Crippen LogP contribution in [-0.4, -0.2) is 21.4 Å². The predicted octanol–water partition coefficient (Wildman–Crippen LogP) is 2.58. The van der Waals surface area contributed by atoms with Crippen LogP contribution in [0.4, 0.5) is 0 Å². The Kier molecular flexibility index (Phi) is 4.62. The molecule has 2 N–H and O–H groups in total. The van der Waals surface area contributed by atoms with E-state index < -0.39 is 6.10 Å². The first-order valence-corrected chi connectivity index (χ1v) is 7.31. The van der Waals surface area contributed by atoms with Gasteiger partial charge in [0.15, 0.2) is 0 Å². The van der Waals surface area contributed by atoms with Crippen LogP contribution in [0.25, 0.3) is 0 Å². The van der Waals surface area contributed by atoms with Gasteiger partial charge >= 0.3 is 0 Å². The highest BCUT2D eigenvalue weighted by Gasteiger charge is 2.12. The number of hydrogen-bond donors (Lipinski definition) is 2. The minimum absolute atomic E-state index is 0.505. The van der Waals surface area contributed by atoms with Crippen molar-refractivity contribution in [2.24, 2.45) is 7.05 Å². The minimum Gasteiger partial charge on any atom is -0.386 e. The number of halogens is 1. The highest BCUT2D eigenvalue weighted by atomic mass is 35.5. The third-order valence-corrected chi connectivity index (χ3v) is 4.55. The molecule has 2 rings (SSSR count). The van der Waals surface area contributed by atoms with Crippen molar-refractivity contribution in [2.45, 2.75) is 26.5 Å². The molecule has 0 aliphatic carbocycles. The summed E-state index contributed by atoms with van der Waals surface area (Å²) in [5.74, 6) is 0. The molecular weight excluding hydrogens is 282 g/mol. The van der Waals surface area contributed by atoms with Gasteiger partial charge in [-0.3, -0.25) is 4.68 Å². The Morgan fingerprint density at radius 3 is 2.74 bits per heavy atom. The average molecular weight is 300 g/mol. The second-order valence-electron chi connectivity index (χ2n) is 4.56. The summed E-state index contributed by atoms with van der Waals surface area (Å²) in [5.41, 5.74) is 3.37. The maximum absolute atomic E-state index is 10.0. The first kappa shape index (κ1) is 14.5. The van der Waals surface area contributed by atoms with E-state index in [1.165, 1.54) is 16.9 Å². The highest BCUT2D eigenvalue weighted by molar-refractivity contribution is 7.16. The molecule has 2 aromatic rings. The number of nitrogens with zero attached hydrogens (tertiary/aromatic N) is 2. The predicted molar refractivity (Wildman–Crippen MR) is 78.7 cm³/mol. The van der Waals surface area contributed by atoms with Gasteiger partial charge in [-0.25, -0.2) is 0 Å². The number of aryl methyl sites for hydroxylation is 2. The molecule has 0 amide bonds. The monoisotopic (exact) mass is 299 g/mol. The van der Waals surface area contributed by atoms with Gasteiger partial charge in [-0.05, 0) is 26.0 Å². The molecule has 0 aliphatic rings. The van der Waals surface area contributed by atoms with Crippen LogP contribution in [0.3, 0.4) is 0 Å². The van der Waals surface area contributed by atoms with Crippen molar-refractivity contribution < 1.29 is 5.11 Å². The molecule has 0 aromatic carbocycles. The Hall–Kier alpha value is -0.880. The van der Waals surface area contributed by atoms with E-state index >= 15 is 0 Å². The van der Waals surface area contributed by atoms with E-state index in [1.54, 1.807) is 6.07 Å². The number of aromatic nitrogens is 2. The van der Waals surface area contributed by atoms with Crippen LogP contribution < -0.4 is 5.32 Å². The maximum Gasteiger partial charge on any atom is 0.101 e. The van der Waals surface area contributed by atoms with Gasteiger partial charge < -0.3 is 10.4 Å². The van der Waals surface area contributed by atoms with Crippen molar-refractivity contribution in [3.63, 3.8) is 0 Å². The first-order chi connectivity index (χ1) is 8.99. The molecule has 0 spiro atoms. The molecule has 2 aromatic heterocycles. The van der Waals surface area contributed by atoms with Gasteiger partial charge in [-0.1, -0.05) is 11.6 Å². The zero-order chi connectivity index (χ0) is 14.0. The molecule has 0 radical (unpaired) electrons. The van der Waals surface area contributed by atoms with Crippen molar-refractivity contribution in [3.8, 4) is 0 Å². The minimum atomic E-state index is -0.519. The lowest BCUT2D eigenvalue weighted by molar-refractivity contribution is 0.178. The van der Waals surface area contributed by atoms with Gasteiger partial charge in [-0.15, -0.1) is 11.3 Å². The van der Waals surface area contributed by atoms with E-state index in [9.17, 15) is 5.11 Å². The second kappa shape index (κ2) is 6.05. The van der Waals surface area contributed by atoms with E-state index in [0.717, 1.165) is 16.3 Å². The van der Waals surface area contributed by atoms with Crippen LogP contribution in [0.5, 0.6) is 0 Å². The smallest absolute Gasteiger partial charge is 0.101 e. The summed E-state index contributed by atoms with van der Waals surface area (Å²) in [6.45, 7) is 5.26. The number of rotatable bonds is 5. The highest BCUT2D eigenvalue weighted by Crippen LogP contribution is 2.26. The van der Waals surface area contributed by atoms with Gasteiger partial charge in [0.05, 0.1) is 10.0 Å². The molecule has 1 unspecified atom stereocenters. The van der Waals surface area contributed by atoms with Crippen molar-refractivity contribution in [1.82, 2.24) is 15.1 Å². The molecule has 2 heterocycles. The molecule has 104 valence electrons. The van der Waals surface area contributed by atoms with Crippen LogP contribution in [0.1, 0.15) is 27.9 Å². The van der Waals surface area contributed by atoms with Gasteiger partial charge in [0, 0.05) is 36.3 Å². The Morgan fingerprint density at radius 1 is 1.47 bits per heavy atom. The van der Waals surface area contributed by atoms with E-state index in [1.807, 2.05) is 31.6 Å².